The van der Waals surface area contributed by atoms with Crippen molar-refractivity contribution in [1.82, 2.24) is 9.97 Å². The Labute approximate surface area is 120 Å². The first-order valence-corrected chi connectivity index (χ1v) is 6.17. The second kappa shape index (κ2) is 4.44. The van der Waals surface area contributed by atoms with Crippen LogP contribution in [-0.2, 0) is 0 Å². The Balaban J connectivity index is 1.88. The van der Waals surface area contributed by atoms with Crippen LogP contribution in [0.3, 0.4) is 0 Å². The van der Waals surface area contributed by atoms with Crippen molar-refractivity contribution >= 4 is 33.4 Å². The average molecular weight is 345 g/mol. The molecule has 1 aromatic carbocycles. The van der Waals surface area contributed by atoms with Gasteiger partial charge in [-0.3, -0.25) is 0 Å². The fraction of sp³-hybridized carbons (Fsp3) is 0.0909. The van der Waals surface area contributed by atoms with Crippen LogP contribution in [-0.4, -0.2) is 16.3 Å². The third-order valence-corrected chi connectivity index (χ3v) is 3.01. The standard InChI is InChI=1S/C11H7BrF2N4O2/c12-6-4-16-10(15)18-9(6)17-5-1-2-7-8(3-5)20-11(13,14)19-7/h1-4H,(H3,15,16,17,18). The largest absolute Gasteiger partial charge is 0.586 e. The topological polar surface area (TPSA) is 82.3 Å². The van der Waals surface area contributed by atoms with Gasteiger partial charge in [0.15, 0.2) is 11.5 Å². The highest BCUT2D eigenvalue weighted by Gasteiger charge is 2.43. The zero-order valence-electron chi connectivity index (χ0n) is 9.73. The number of hydrogen-bond acceptors (Lipinski definition) is 6. The molecule has 0 unspecified atom stereocenters. The summed E-state index contributed by atoms with van der Waals surface area (Å²) in [7, 11) is 0. The van der Waals surface area contributed by atoms with Gasteiger partial charge in [-0.05, 0) is 28.1 Å². The lowest BCUT2D eigenvalue weighted by Crippen LogP contribution is -2.25. The SMILES string of the molecule is Nc1ncc(Br)c(Nc2ccc3c(c2)OC(F)(F)O3)n1. The summed E-state index contributed by atoms with van der Waals surface area (Å²) in [5.74, 6) is 0.408. The predicted octanol–water partition coefficient (Wildman–Crippen LogP) is 2.89. The highest BCUT2D eigenvalue weighted by Crippen LogP contribution is 2.42. The van der Waals surface area contributed by atoms with E-state index in [4.69, 9.17) is 5.73 Å². The van der Waals surface area contributed by atoms with Crippen LogP contribution in [0.15, 0.2) is 28.9 Å². The third-order valence-electron chi connectivity index (χ3n) is 2.43. The zero-order chi connectivity index (χ0) is 14.3. The number of nitrogens with zero attached hydrogens (tertiary/aromatic N) is 2. The van der Waals surface area contributed by atoms with Gasteiger partial charge in [-0.2, -0.15) is 4.98 Å². The Morgan fingerprint density at radius 3 is 2.80 bits per heavy atom. The van der Waals surface area contributed by atoms with E-state index in [-0.39, 0.29) is 17.4 Å². The first kappa shape index (κ1) is 12.9. The summed E-state index contributed by atoms with van der Waals surface area (Å²) in [6.07, 6.45) is -2.16. The Hall–Kier alpha value is -2.16. The summed E-state index contributed by atoms with van der Waals surface area (Å²) in [6.45, 7) is 0. The van der Waals surface area contributed by atoms with Gasteiger partial charge >= 0.3 is 6.29 Å². The van der Waals surface area contributed by atoms with E-state index in [1.165, 1.54) is 18.3 Å². The van der Waals surface area contributed by atoms with Gasteiger partial charge in [0.05, 0.1) is 4.47 Å². The van der Waals surface area contributed by atoms with Crippen molar-refractivity contribution in [1.29, 1.82) is 0 Å². The maximum Gasteiger partial charge on any atom is 0.586 e. The average Bonchev–Trinajstić information content (AvgIpc) is 2.67. The Morgan fingerprint density at radius 1 is 1.25 bits per heavy atom. The summed E-state index contributed by atoms with van der Waals surface area (Å²) in [6, 6.07) is 4.30. The molecule has 9 heteroatoms. The van der Waals surface area contributed by atoms with Gasteiger partial charge in [0.1, 0.15) is 5.82 Å². The number of nitrogen functional groups attached to an aromatic ring is 1. The number of halogens is 3. The summed E-state index contributed by atoms with van der Waals surface area (Å²) < 4.78 is 35.1. The molecule has 0 bridgehead atoms. The molecule has 0 saturated heterocycles. The van der Waals surface area contributed by atoms with Crippen molar-refractivity contribution in [3.05, 3.63) is 28.9 Å². The van der Waals surface area contributed by atoms with Crippen LogP contribution in [0.4, 0.5) is 26.2 Å². The van der Waals surface area contributed by atoms with E-state index in [9.17, 15) is 8.78 Å². The molecule has 0 radical (unpaired) electrons. The van der Waals surface area contributed by atoms with E-state index in [0.29, 0.717) is 16.0 Å². The molecule has 0 fully saturated rings. The molecule has 104 valence electrons. The quantitative estimate of drug-likeness (QED) is 0.871. The van der Waals surface area contributed by atoms with Crippen LogP contribution in [0.5, 0.6) is 11.5 Å². The van der Waals surface area contributed by atoms with Crippen LogP contribution >= 0.6 is 15.9 Å². The summed E-state index contributed by atoms with van der Waals surface area (Å²) in [4.78, 5) is 7.77. The van der Waals surface area contributed by atoms with Gasteiger partial charge in [-0.1, -0.05) is 0 Å². The molecule has 1 aliphatic heterocycles. The molecule has 2 aromatic rings. The van der Waals surface area contributed by atoms with Gasteiger partial charge in [-0.15, -0.1) is 8.78 Å². The minimum atomic E-state index is -3.64. The van der Waals surface area contributed by atoms with Crippen molar-refractivity contribution < 1.29 is 18.3 Å². The highest BCUT2D eigenvalue weighted by molar-refractivity contribution is 9.10. The molecule has 0 spiro atoms. The molecule has 6 nitrogen and oxygen atoms in total. The molecule has 3 rings (SSSR count). The smallest absolute Gasteiger partial charge is 0.395 e. The lowest BCUT2D eigenvalue weighted by Gasteiger charge is -2.08. The van der Waals surface area contributed by atoms with E-state index in [2.05, 4.69) is 40.7 Å². The van der Waals surface area contributed by atoms with Crippen molar-refractivity contribution in [2.75, 3.05) is 11.1 Å². The maximum absolute atomic E-state index is 12.9. The molecule has 3 N–H and O–H groups in total. The Bertz CT molecular complexity index is 683. The van der Waals surface area contributed by atoms with E-state index in [1.54, 1.807) is 6.07 Å². The van der Waals surface area contributed by atoms with Gasteiger partial charge < -0.3 is 20.5 Å². The first-order valence-electron chi connectivity index (χ1n) is 5.38. The summed E-state index contributed by atoms with van der Waals surface area (Å²) in [5.41, 5.74) is 5.97. The van der Waals surface area contributed by atoms with Crippen molar-refractivity contribution in [3.63, 3.8) is 0 Å². The van der Waals surface area contributed by atoms with Crippen molar-refractivity contribution in [2.45, 2.75) is 6.29 Å². The molecule has 2 heterocycles. The molecule has 1 aromatic heterocycles. The minimum Gasteiger partial charge on any atom is -0.395 e. The van der Waals surface area contributed by atoms with Crippen molar-refractivity contribution in [2.24, 2.45) is 0 Å². The summed E-state index contributed by atoms with van der Waals surface area (Å²) >= 11 is 3.25. The first-order chi connectivity index (χ1) is 9.43. The number of fused-ring (bicyclic) bond motifs is 1. The zero-order valence-corrected chi connectivity index (χ0v) is 11.3. The van der Waals surface area contributed by atoms with E-state index in [1.807, 2.05) is 0 Å². The number of nitrogens with two attached hydrogens (primary N) is 1. The van der Waals surface area contributed by atoms with Crippen molar-refractivity contribution in [3.8, 4) is 11.5 Å². The number of rotatable bonds is 2. The van der Waals surface area contributed by atoms with Crippen LogP contribution in [0.2, 0.25) is 0 Å². The van der Waals surface area contributed by atoms with Gasteiger partial charge in [0.25, 0.3) is 0 Å². The molecule has 0 aliphatic carbocycles. The van der Waals surface area contributed by atoms with Gasteiger partial charge in [-0.25, -0.2) is 4.98 Å². The Morgan fingerprint density at radius 2 is 2.00 bits per heavy atom. The lowest BCUT2D eigenvalue weighted by molar-refractivity contribution is -0.286. The number of nitrogens with one attached hydrogen (secondary N) is 1. The van der Waals surface area contributed by atoms with E-state index < -0.39 is 6.29 Å². The van der Waals surface area contributed by atoms with Gasteiger partial charge in [0.2, 0.25) is 5.95 Å². The molecule has 20 heavy (non-hydrogen) atoms. The van der Waals surface area contributed by atoms with Crippen LogP contribution in [0.25, 0.3) is 0 Å². The Kier molecular flexibility index (Phi) is 2.85. The number of anilines is 3. The minimum absolute atomic E-state index is 0.0261. The molecular weight excluding hydrogens is 338 g/mol. The number of aromatic nitrogens is 2. The molecular formula is C11H7BrF2N4O2. The third kappa shape index (κ3) is 2.44. The molecule has 1 aliphatic rings. The van der Waals surface area contributed by atoms with E-state index >= 15 is 0 Å². The highest BCUT2D eigenvalue weighted by atomic mass is 79.9. The molecule has 0 saturated carbocycles. The number of benzene rings is 1. The lowest BCUT2D eigenvalue weighted by atomic mass is 10.3. The van der Waals surface area contributed by atoms with Crippen LogP contribution in [0.1, 0.15) is 0 Å². The fourth-order valence-corrected chi connectivity index (χ4v) is 1.92. The predicted molar refractivity (Wildman–Crippen MR) is 70.1 cm³/mol. The second-order valence-corrected chi connectivity index (χ2v) is 4.73. The maximum atomic E-state index is 12.9. The van der Waals surface area contributed by atoms with Crippen LogP contribution in [0, 0.1) is 0 Å². The van der Waals surface area contributed by atoms with E-state index in [0.717, 1.165) is 0 Å². The second-order valence-electron chi connectivity index (χ2n) is 3.88. The normalized spacial score (nSPS) is 15.2. The summed E-state index contributed by atoms with van der Waals surface area (Å²) in [5, 5.41) is 2.91. The molecule has 0 atom stereocenters. The van der Waals surface area contributed by atoms with Crippen LogP contribution < -0.4 is 20.5 Å². The fourth-order valence-electron chi connectivity index (χ4n) is 1.63. The number of hydrogen-bond donors (Lipinski definition) is 2. The molecule has 0 amide bonds. The monoisotopic (exact) mass is 344 g/mol. The number of alkyl halides is 2. The number of ether oxygens (including phenoxy) is 2. The van der Waals surface area contributed by atoms with Gasteiger partial charge in [0, 0.05) is 18.0 Å².